The fourth-order valence-electron chi connectivity index (χ4n) is 2.76. The highest BCUT2D eigenvalue weighted by Crippen LogP contribution is 2.32. The predicted molar refractivity (Wildman–Crippen MR) is 86.7 cm³/mol. The number of benzene rings is 2. The largest absolute Gasteiger partial charge is 0.454 e. The van der Waals surface area contributed by atoms with Crippen molar-refractivity contribution < 1.29 is 14.3 Å². The molecule has 0 bridgehead atoms. The summed E-state index contributed by atoms with van der Waals surface area (Å²) < 4.78 is 12.7. The number of nitrogens with one attached hydrogen (secondary N) is 1. The first-order chi connectivity index (χ1) is 11.2. The maximum atomic E-state index is 12.3. The maximum absolute atomic E-state index is 12.3. The molecule has 0 saturated heterocycles. The molecule has 23 heavy (non-hydrogen) atoms. The van der Waals surface area contributed by atoms with Crippen molar-refractivity contribution in [3.63, 3.8) is 0 Å². The lowest BCUT2D eigenvalue weighted by atomic mass is 10.1. The van der Waals surface area contributed by atoms with Crippen molar-refractivity contribution in [3.8, 4) is 11.5 Å². The molecule has 1 aliphatic heterocycles. The Morgan fingerprint density at radius 3 is 2.91 bits per heavy atom. The molecular weight excluding hydrogens is 292 g/mol. The minimum absolute atomic E-state index is 0.0894. The van der Waals surface area contributed by atoms with Gasteiger partial charge in [0.15, 0.2) is 11.5 Å². The normalized spacial score (nSPS) is 12.6. The molecule has 0 aliphatic carbocycles. The quantitative estimate of drug-likeness (QED) is 0.809. The Morgan fingerprint density at radius 2 is 2.00 bits per heavy atom. The van der Waals surface area contributed by atoms with Crippen LogP contribution in [0.5, 0.6) is 11.5 Å². The van der Waals surface area contributed by atoms with Gasteiger partial charge in [-0.05, 0) is 42.0 Å². The molecular formula is C18H16N2O3. The second kappa shape index (κ2) is 5.35. The van der Waals surface area contributed by atoms with Crippen LogP contribution in [-0.4, -0.2) is 17.3 Å². The highest BCUT2D eigenvalue weighted by Gasteiger charge is 2.14. The molecule has 0 unspecified atom stereocenters. The van der Waals surface area contributed by atoms with Gasteiger partial charge in [0.05, 0.1) is 0 Å². The number of nitrogens with zero attached hydrogens (tertiary/aromatic N) is 1. The van der Waals surface area contributed by atoms with Crippen LogP contribution in [0.15, 0.2) is 48.7 Å². The lowest BCUT2D eigenvalue weighted by molar-refractivity contribution is 0.0951. The van der Waals surface area contributed by atoms with Gasteiger partial charge >= 0.3 is 0 Å². The molecule has 0 saturated carbocycles. The molecule has 1 amide bonds. The molecule has 4 rings (SSSR count). The van der Waals surface area contributed by atoms with Gasteiger partial charge in [0.2, 0.25) is 6.79 Å². The zero-order chi connectivity index (χ0) is 15.8. The van der Waals surface area contributed by atoms with E-state index in [0.29, 0.717) is 12.1 Å². The fraction of sp³-hybridized carbons (Fsp3) is 0.167. The van der Waals surface area contributed by atoms with Gasteiger partial charge in [0.1, 0.15) is 0 Å². The van der Waals surface area contributed by atoms with Gasteiger partial charge in [-0.1, -0.05) is 6.07 Å². The van der Waals surface area contributed by atoms with Gasteiger partial charge in [0.25, 0.3) is 5.91 Å². The predicted octanol–water partition coefficient (Wildman–Crippen LogP) is 2.84. The van der Waals surface area contributed by atoms with E-state index in [1.807, 2.05) is 60.3 Å². The second-order valence-electron chi connectivity index (χ2n) is 5.57. The third-order valence-corrected chi connectivity index (χ3v) is 4.04. The molecule has 0 spiro atoms. The van der Waals surface area contributed by atoms with E-state index in [-0.39, 0.29) is 12.7 Å². The van der Waals surface area contributed by atoms with Crippen LogP contribution >= 0.6 is 0 Å². The third kappa shape index (κ3) is 2.50. The van der Waals surface area contributed by atoms with Gasteiger partial charge in [-0.25, -0.2) is 0 Å². The molecule has 5 nitrogen and oxygen atoms in total. The summed E-state index contributed by atoms with van der Waals surface area (Å²) in [6.45, 7) is 0.699. The molecule has 0 fully saturated rings. The summed E-state index contributed by atoms with van der Waals surface area (Å²) in [5.74, 6) is 1.38. The Balaban J connectivity index is 1.48. The number of carbonyl (C=O) groups is 1. The smallest absolute Gasteiger partial charge is 0.251 e. The maximum Gasteiger partial charge on any atom is 0.251 e. The van der Waals surface area contributed by atoms with Crippen molar-refractivity contribution in [3.05, 3.63) is 59.8 Å². The molecule has 2 aromatic carbocycles. The van der Waals surface area contributed by atoms with Crippen LogP contribution in [0.25, 0.3) is 10.9 Å². The van der Waals surface area contributed by atoms with Gasteiger partial charge in [-0.3, -0.25) is 4.79 Å². The van der Waals surface area contributed by atoms with E-state index >= 15 is 0 Å². The first kappa shape index (κ1) is 13.7. The number of hydrogen-bond acceptors (Lipinski definition) is 3. The Labute approximate surface area is 133 Å². The van der Waals surface area contributed by atoms with Crippen molar-refractivity contribution in [1.29, 1.82) is 0 Å². The lowest BCUT2D eigenvalue weighted by Crippen LogP contribution is -2.22. The fourth-order valence-corrected chi connectivity index (χ4v) is 2.76. The molecule has 5 heteroatoms. The van der Waals surface area contributed by atoms with Gasteiger partial charge in [-0.2, -0.15) is 0 Å². The van der Waals surface area contributed by atoms with Crippen LogP contribution in [0.1, 0.15) is 15.9 Å². The minimum atomic E-state index is -0.0894. The monoisotopic (exact) mass is 308 g/mol. The number of ether oxygens (including phenoxy) is 2. The number of carbonyl (C=O) groups excluding carboxylic acids is 1. The van der Waals surface area contributed by atoms with E-state index in [4.69, 9.17) is 9.47 Å². The Hall–Kier alpha value is -2.95. The summed E-state index contributed by atoms with van der Waals surface area (Å²) in [7, 11) is 1.99. The van der Waals surface area contributed by atoms with Crippen LogP contribution in [-0.2, 0) is 13.6 Å². The molecule has 1 aromatic heterocycles. The topological polar surface area (TPSA) is 52.5 Å². The number of aromatic nitrogens is 1. The summed E-state index contributed by atoms with van der Waals surface area (Å²) in [6.07, 6.45) is 1.99. The molecule has 3 aromatic rings. The molecule has 0 radical (unpaired) electrons. The number of hydrogen-bond donors (Lipinski definition) is 1. The highest BCUT2D eigenvalue weighted by atomic mass is 16.7. The average Bonchev–Trinajstić information content (AvgIpc) is 3.18. The van der Waals surface area contributed by atoms with E-state index in [0.717, 1.165) is 28.0 Å². The van der Waals surface area contributed by atoms with Crippen LogP contribution in [0, 0.1) is 0 Å². The van der Waals surface area contributed by atoms with Crippen LogP contribution in [0.3, 0.4) is 0 Å². The number of rotatable bonds is 3. The average molecular weight is 308 g/mol. The Morgan fingerprint density at radius 1 is 1.13 bits per heavy atom. The van der Waals surface area contributed by atoms with E-state index in [9.17, 15) is 4.79 Å². The standard InChI is InChI=1S/C18H16N2O3/c1-20-7-6-13-9-14(3-4-15(13)20)18(21)19-10-12-2-5-16-17(8-12)23-11-22-16/h2-9H,10-11H2,1H3,(H,19,21). The SMILES string of the molecule is Cn1ccc2cc(C(=O)NCc3ccc4c(c3)OCO4)ccc21. The first-order valence-corrected chi connectivity index (χ1v) is 7.42. The van der Waals surface area contributed by atoms with E-state index < -0.39 is 0 Å². The van der Waals surface area contributed by atoms with Gasteiger partial charge < -0.3 is 19.4 Å². The summed E-state index contributed by atoms with van der Waals surface area (Å²) in [5, 5.41) is 3.99. The number of amides is 1. The lowest BCUT2D eigenvalue weighted by Gasteiger charge is -2.07. The highest BCUT2D eigenvalue weighted by molar-refractivity contribution is 5.98. The van der Waals surface area contributed by atoms with Crippen LogP contribution in [0.2, 0.25) is 0 Å². The molecule has 1 N–H and O–H groups in total. The van der Waals surface area contributed by atoms with E-state index in [1.165, 1.54) is 0 Å². The van der Waals surface area contributed by atoms with Crippen molar-refractivity contribution in [2.45, 2.75) is 6.54 Å². The molecule has 0 atom stereocenters. The summed E-state index contributed by atoms with van der Waals surface area (Å²) >= 11 is 0. The Kier molecular flexibility index (Phi) is 3.19. The zero-order valence-corrected chi connectivity index (χ0v) is 12.7. The van der Waals surface area contributed by atoms with Crippen molar-refractivity contribution in [2.75, 3.05) is 6.79 Å². The Bertz CT molecular complexity index is 898. The van der Waals surface area contributed by atoms with E-state index in [1.54, 1.807) is 0 Å². The van der Waals surface area contributed by atoms with Gasteiger partial charge in [-0.15, -0.1) is 0 Å². The number of fused-ring (bicyclic) bond motifs is 2. The summed E-state index contributed by atoms with van der Waals surface area (Å²) in [5.41, 5.74) is 2.74. The molecule has 1 aliphatic rings. The van der Waals surface area contributed by atoms with Crippen molar-refractivity contribution >= 4 is 16.8 Å². The van der Waals surface area contributed by atoms with Gasteiger partial charge in [0, 0.05) is 36.3 Å². The van der Waals surface area contributed by atoms with Crippen molar-refractivity contribution in [2.24, 2.45) is 7.05 Å². The number of aryl methyl sites for hydroxylation is 1. The minimum Gasteiger partial charge on any atom is -0.454 e. The molecule has 116 valence electrons. The van der Waals surface area contributed by atoms with Crippen LogP contribution in [0.4, 0.5) is 0 Å². The second-order valence-corrected chi connectivity index (χ2v) is 5.57. The molecule has 2 heterocycles. The zero-order valence-electron chi connectivity index (χ0n) is 12.7. The summed E-state index contributed by atoms with van der Waals surface area (Å²) in [6, 6.07) is 13.4. The van der Waals surface area contributed by atoms with Crippen LogP contribution < -0.4 is 14.8 Å². The summed E-state index contributed by atoms with van der Waals surface area (Å²) in [4.78, 5) is 12.3. The first-order valence-electron chi connectivity index (χ1n) is 7.42. The van der Waals surface area contributed by atoms with E-state index in [2.05, 4.69) is 5.32 Å². The third-order valence-electron chi connectivity index (χ3n) is 4.04. The van der Waals surface area contributed by atoms with Crippen molar-refractivity contribution in [1.82, 2.24) is 9.88 Å².